The number of rotatable bonds is 1. The Kier molecular flexibility index (Phi) is 3.97. The van der Waals surface area contributed by atoms with Crippen LogP contribution in [0.5, 0.6) is 0 Å². The summed E-state index contributed by atoms with van der Waals surface area (Å²) in [6.45, 7) is 5.29. The number of likely N-dealkylation sites (tertiary alicyclic amines) is 1. The summed E-state index contributed by atoms with van der Waals surface area (Å²) in [5.41, 5.74) is 0. The lowest BCUT2D eigenvalue weighted by atomic mass is 10.0. The van der Waals surface area contributed by atoms with E-state index >= 15 is 0 Å². The number of carboxylic acids is 1. The van der Waals surface area contributed by atoms with Crippen molar-refractivity contribution in [2.45, 2.75) is 45.2 Å². The molecule has 0 radical (unpaired) electrons. The second-order valence-corrected chi connectivity index (χ2v) is 3.92. The Morgan fingerprint density at radius 1 is 1.50 bits per heavy atom. The summed E-state index contributed by atoms with van der Waals surface area (Å²) < 4.78 is 0. The summed E-state index contributed by atoms with van der Waals surface area (Å²) in [5.74, 6) is 4.03. The summed E-state index contributed by atoms with van der Waals surface area (Å²) >= 11 is 0. The van der Waals surface area contributed by atoms with Gasteiger partial charge in [-0.1, -0.05) is 5.92 Å². The highest BCUT2D eigenvalue weighted by Crippen LogP contribution is 2.18. The minimum absolute atomic E-state index is 0.139. The zero-order chi connectivity index (χ0) is 10.6. The molecule has 1 atom stereocenters. The molecule has 0 spiro atoms. The fourth-order valence-electron chi connectivity index (χ4n) is 1.87. The average Bonchev–Trinajstić information content (AvgIpc) is 2.15. The minimum Gasteiger partial charge on any atom is -0.472 e. The maximum Gasteiger partial charge on any atom is 0.381 e. The lowest BCUT2D eigenvalue weighted by Crippen LogP contribution is -2.43. The fraction of sp³-hybridized carbons (Fsp3) is 0.727. The summed E-state index contributed by atoms with van der Waals surface area (Å²) in [5, 5.41) is 8.48. The van der Waals surface area contributed by atoms with E-state index in [9.17, 15) is 4.79 Å². The van der Waals surface area contributed by atoms with Crippen LogP contribution in [-0.4, -0.2) is 34.6 Å². The van der Waals surface area contributed by atoms with Crippen molar-refractivity contribution in [3.63, 3.8) is 0 Å². The van der Waals surface area contributed by atoms with Crippen LogP contribution in [0.2, 0.25) is 0 Å². The van der Waals surface area contributed by atoms with Crippen molar-refractivity contribution in [3.8, 4) is 11.8 Å². The van der Waals surface area contributed by atoms with Gasteiger partial charge in [0.05, 0.1) is 6.04 Å². The number of piperidine rings is 1. The molecule has 1 unspecified atom stereocenters. The number of hydrogen-bond donors (Lipinski definition) is 1. The lowest BCUT2D eigenvalue weighted by molar-refractivity contribution is -0.130. The van der Waals surface area contributed by atoms with Crippen molar-refractivity contribution < 1.29 is 9.90 Å². The molecule has 1 rings (SSSR count). The molecule has 0 bridgehead atoms. The van der Waals surface area contributed by atoms with E-state index in [1.54, 1.807) is 0 Å². The zero-order valence-electron chi connectivity index (χ0n) is 8.79. The van der Waals surface area contributed by atoms with Gasteiger partial charge in [0.15, 0.2) is 0 Å². The van der Waals surface area contributed by atoms with Gasteiger partial charge in [-0.25, -0.2) is 4.79 Å². The first-order chi connectivity index (χ1) is 6.61. The third-order valence-electron chi connectivity index (χ3n) is 2.55. The third-order valence-corrected chi connectivity index (χ3v) is 2.55. The molecular formula is C11H17NO2. The van der Waals surface area contributed by atoms with Crippen LogP contribution in [0.3, 0.4) is 0 Å². The molecule has 78 valence electrons. The van der Waals surface area contributed by atoms with Gasteiger partial charge in [0, 0.05) is 12.0 Å². The molecule has 1 heterocycles. The highest BCUT2D eigenvalue weighted by atomic mass is 16.4. The lowest BCUT2D eigenvalue weighted by Gasteiger charge is -2.35. The van der Waals surface area contributed by atoms with Gasteiger partial charge < -0.3 is 5.11 Å². The normalized spacial score (nSPS) is 22.9. The number of carboxylic acid groups (broad SMARTS) is 1. The maximum atomic E-state index is 10.3. The number of aliphatic carboxylic acids is 1. The van der Waals surface area contributed by atoms with Crippen molar-refractivity contribution >= 4 is 5.97 Å². The largest absolute Gasteiger partial charge is 0.472 e. The van der Waals surface area contributed by atoms with Gasteiger partial charge in [-0.05, 0) is 39.7 Å². The smallest absolute Gasteiger partial charge is 0.381 e. The Balaban J connectivity index is 2.64. The van der Waals surface area contributed by atoms with Gasteiger partial charge in [-0.3, -0.25) is 4.90 Å². The van der Waals surface area contributed by atoms with E-state index in [1.165, 1.54) is 6.42 Å². The van der Waals surface area contributed by atoms with Crippen molar-refractivity contribution in [2.24, 2.45) is 0 Å². The van der Waals surface area contributed by atoms with Crippen LogP contribution in [0.4, 0.5) is 0 Å². The van der Waals surface area contributed by atoms with E-state index in [1.807, 2.05) is 0 Å². The van der Waals surface area contributed by atoms with E-state index in [0.29, 0.717) is 6.04 Å². The first kappa shape index (κ1) is 11.1. The van der Waals surface area contributed by atoms with E-state index in [4.69, 9.17) is 5.11 Å². The van der Waals surface area contributed by atoms with Crippen molar-refractivity contribution in [3.05, 3.63) is 0 Å². The van der Waals surface area contributed by atoms with Crippen molar-refractivity contribution in [1.29, 1.82) is 0 Å². The molecule has 1 fully saturated rings. The van der Waals surface area contributed by atoms with Gasteiger partial charge in [0.2, 0.25) is 0 Å². The SMILES string of the molecule is CC(C)N1CCCCC1C#CC(=O)O. The predicted octanol–water partition coefficient (Wildman–Crippen LogP) is 1.34. The highest BCUT2D eigenvalue weighted by molar-refractivity contribution is 5.86. The first-order valence-corrected chi connectivity index (χ1v) is 5.11. The van der Waals surface area contributed by atoms with E-state index in [2.05, 4.69) is 30.6 Å². The topological polar surface area (TPSA) is 40.5 Å². The van der Waals surface area contributed by atoms with E-state index in [-0.39, 0.29) is 6.04 Å². The summed E-state index contributed by atoms with van der Waals surface area (Å²) in [4.78, 5) is 12.6. The number of carbonyl (C=O) groups is 1. The number of hydrogen-bond acceptors (Lipinski definition) is 2. The Morgan fingerprint density at radius 2 is 2.21 bits per heavy atom. The third kappa shape index (κ3) is 3.04. The Bertz CT molecular complexity index is 262. The molecule has 1 N–H and O–H groups in total. The minimum atomic E-state index is -1.03. The molecular weight excluding hydrogens is 178 g/mol. The highest BCUT2D eigenvalue weighted by Gasteiger charge is 2.22. The molecule has 1 aliphatic heterocycles. The zero-order valence-corrected chi connectivity index (χ0v) is 8.79. The fourth-order valence-corrected chi connectivity index (χ4v) is 1.87. The van der Waals surface area contributed by atoms with Crippen LogP contribution in [0, 0.1) is 11.8 Å². The van der Waals surface area contributed by atoms with Crippen LogP contribution >= 0.6 is 0 Å². The van der Waals surface area contributed by atoms with Gasteiger partial charge in [0.1, 0.15) is 0 Å². The quantitative estimate of drug-likeness (QED) is 0.642. The van der Waals surface area contributed by atoms with Crippen molar-refractivity contribution in [1.82, 2.24) is 4.90 Å². The maximum absolute atomic E-state index is 10.3. The molecule has 0 saturated carbocycles. The molecule has 3 heteroatoms. The molecule has 3 nitrogen and oxygen atoms in total. The van der Waals surface area contributed by atoms with Gasteiger partial charge in [0.25, 0.3) is 0 Å². The average molecular weight is 195 g/mol. The predicted molar refractivity (Wildman–Crippen MR) is 54.9 cm³/mol. The molecule has 0 aromatic carbocycles. The molecule has 0 aromatic heterocycles. The van der Waals surface area contributed by atoms with Gasteiger partial charge >= 0.3 is 5.97 Å². The molecule has 0 aromatic rings. The Hall–Kier alpha value is -1.01. The Morgan fingerprint density at radius 3 is 2.79 bits per heavy atom. The molecule has 14 heavy (non-hydrogen) atoms. The Labute approximate surface area is 85.1 Å². The second-order valence-electron chi connectivity index (χ2n) is 3.92. The summed E-state index contributed by atoms with van der Waals surface area (Å²) in [6.07, 6.45) is 3.35. The van der Waals surface area contributed by atoms with Crippen LogP contribution < -0.4 is 0 Å². The molecule has 1 aliphatic rings. The number of nitrogens with zero attached hydrogens (tertiary/aromatic N) is 1. The van der Waals surface area contributed by atoms with Crippen LogP contribution in [0.15, 0.2) is 0 Å². The standard InChI is InChI=1S/C11H17NO2/c1-9(2)12-8-4-3-5-10(12)6-7-11(13)14/h9-10H,3-5,8H2,1-2H3,(H,13,14). The van der Waals surface area contributed by atoms with Gasteiger partial charge in [-0.15, -0.1) is 0 Å². The molecule has 1 saturated heterocycles. The summed E-state index contributed by atoms with van der Waals surface area (Å²) in [6, 6.07) is 0.586. The monoisotopic (exact) mass is 195 g/mol. The van der Waals surface area contributed by atoms with Crippen LogP contribution in [0.25, 0.3) is 0 Å². The van der Waals surface area contributed by atoms with E-state index < -0.39 is 5.97 Å². The van der Waals surface area contributed by atoms with Crippen LogP contribution in [-0.2, 0) is 4.79 Å². The van der Waals surface area contributed by atoms with Gasteiger partial charge in [-0.2, -0.15) is 0 Å². The summed E-state index contributed by atoms with van der Waals surface area (Å²) in [7, 11) is 0. The molecule has 0 amide bonds. The molecule has 0 aliphatic carbocycles. The van der Waals surface area contributed by atoms with Crippen molar-refractivity contribution in [2.75, 3.05) is 6.54 Å². The van der Waals surface area contributed by atoms with E-state index in [0.717, 1.165) is 19.4 Å². The first-order valence-electron chi connectivity index (χ1n) is 5.11. The second kappa shape index (κ2) is 5.02. The van der Waals surface area contributed by atoms with Crippen LogP contribution in [0.1, 0.15) is 33.1 Å².